The number of carbonyl (C=O) groups is 2. The van der Waals surface area contributed by atoms with Crippen LogP contribution in [0.1, 0.15) is 37.8 Å². The molecule has 0 saturated carbocycles. The summed E-state index contributed by atoms with van der Waals surface area (Å²) < 4.78 is 5.31. The summed E-state index contributed by atoms with van der Waals surface area (Å²) in [5.41, 5.74) is 2.45. The molecule has 1 saturated heterocycles. The van der Waals surface area contributed by atoms with E-state index in [-0.39, 0.29) is 18.4 Å². The minimum Gasteiger partial charge on any atom is -0.481 e. The van der Waals surface area contributed by atoms with Crippen LogP contribution in [0.5, 0.6) is 0 Å². The molecule has 0 radical (unpaired) electrons. The first-order valence-electron chi connectivity index (χ1n) is 8.62. The Bertz CT molecular complexity index is 553. The van der Waals surface area contributed by atoms with Gasteiger partial charge in [-0.2, -0.15) is 0 Å². The van der Waals surface area contributed by atoms with Gasteiger partial charge in [-0.05, 0) is 29.9 Å². The second-order valence-corrected chi connectivity index (χ2v) is 6.83. The van der Waals surface area contributed by atoms with E-state index in [0.717, 1.165) is 12.0 Å². The molecule has 1 N–H and O–H groups in total. The smallest absolute Gasteiger partial charge is 0.305 e. The summed E-state index contributed by atoms with van der Waals surface area (Å²) in [6.07, 6.45) is 2.08. The van der Waals surface area contributed by atoms with Crippen molar-refractivity contribution in [2.24, 2.45) is 5.92 Å². The largest absolute Gasteiger partial charge is 0.481 e. The molecule has 1 aliphatic rings. The van der Waals surface area contributed by atoms with Gasteiger partial charge in [0, 0.05) is 13.0 Å². The van der Waals surface area contributed by atoms with E-state index in [1.54, 1.807) is 4.90 Å². The number of benzene rings is 1. The van der Waals surface area contributed by atoms with Crippen molar-refractivity contribution in [3.8, 4) is 0 Å². The molecule has 132 valence electrons. The van der Waals surface area contributed by atoms with Crippen LogP contribution in [0.25, 0.3) is 0 Å². The van der Waals surface area contributed by atoms with E-state index < -0.39 is 5.97 Å². The molecule has 1 unspecified atom stereocenters. The predicted molar refractivity (Wildman–Crippen MR) is 91.9 cm³/mol. The lowest BCUT2D eigenvalue weighted by atomic mass is 10.00. The summed E-state index contributed by atoms with van der Waals surface area (Å²) in [5.74, 6) is -0.259. The lowest BCUT2D eigenvalue weighted by molar-refractivity contribution is -0.146. The number of carboxylic acids is 1. The lowest BCUT2D eigenvalue weighted by Gasteiger charge is -2.35. The summed E-state index contributed by atoms with van der Waals surface area (Å²) in [6, 6.07) is 8.07. The molecule has 1 aliphatic heterocycles. The molecular formula is C19H27NO4. The van der Waals surface area contributed by atoms with Gasteiger partial charge < -0.3 is 14.7 Å². The van der Waals surface area contributed by atoms with Gasteiger partial charge in [-0.3, -0.25) is 9.59 Å². The number of carboxylic acid groups (broad SMARTS) is 1. The van der Waals surface area contributed by atoms with E-state index in [1.165, 1.54) is 5.56 Å². The Labute approximate surface area is 143 Å². The monoisotopic (exact) mass is 333 g/mol. The van der Waals surface area contributed by atoms with Crippen molar-refractivity contribution in [3.63, 3.8) is 0 Å². The number of amides is 1. The van der Waals surface area contributed by atoms with Crippen LogP contribution in [0, 0.1) is 5.92 Å². The van der Waals surface area contributed by atoms with Crippen molar-refractivity contribution in [2.45, 2.75) is 45.6 Å². The molecule has 1 atom stereocenters. The third-order valence-electron chi connectivity index (χ3n) is 4.25. The number of hydrogen-bond donors (Lipinski definition) is 1. The number of ether oxygens (including phenoxy) is 1. The van der Waals surface area contributed by atoms with Crippen LogP contribution in [-0.4, -0.2) is 47.7 Å². The SMILES string of the molecule is CC(C)Cc1ccc(CCC(=O)N2CCOCC2CC(=O)O)cc1. The lowest BCUT2D eigenvalue weighted by Crippen LogP contribution is -2.49. The molecule has 1 heterocycles. The van der Waals surface area contributed by atoms with E-state index in [2.05, 4.69) is 38.1 Å². The molecule has 5 heteroatoms. The highest BCUT2D eigenvalue weighted by atomic mass is 16.5. The first-order chi connectivity index (χ1) is 11.5. The number of aliphatic carboxylic acids is 1. The number of rotatable bonds is 7. The zero-order chi connectivity index (χ0) is 17.5. The minimum atomic E-state index is -0.899. The Morgan fingerprint density at radius 2 is 1.92 bits per heavy atom. The fourth-order valence-electron chi connectivity index (χ4n) is 3.06. The topological polar surface area (TPSA) is 66.8 Å². The summed E-state index contributed by atoms with van der Waals surface area (Å²) in [4.78, 5) is 25.1. The average Bonchev–Trinajstić information content (AvgIpc) is 2.53. The third-order valence-corrected chi connectivity index (χ3v) is 4.25. The van der Waals surface area contributed by atoms with Crippen LogP contribution in [-0.2, 0) is 27.2 Å². The van der Waals surface area contributed by atoms with Gasteiger partial charge >= 0.3 is 5.97 Å². The minimum absolute atomic E-state index is 0.0100. The van der Waals surface area contributed by atoms with Crippen molar-refractivity contribution in [1.29, 1.82) is 0 Å². The van der Waals surface area contributed by atoms with Gasteiger partial charge in [-0.25, -0.2) is 0 Å². The predicted octanol–water partition coefficient (Wildman–Crippen LogP) is 2.52. The Morgan fingerprint density at radius 1 is 1.25 bits per heavy atom. The maximum Gasteiger partial charge on any atom is 0.305 e. The second kappa shape index (κ2) is 8.83. The fourth-order valence-corrected chi connectivity index (χ4v) is 3.06. The van der Waals surface area contributed by atoms with E-state index in [4.69, 9.17) is 9.84 Å². The molecule has 24 heavy (non-hydrogen) atoms. The zero-order valence-electron chi connectivity index (χ0n) is 14.5. The number of carbonyl (C=O) groups excluding carboxylic acids is 1. The van der Waals surface area contributed by atoms with E-state index in [1.807, 2.05) is 0 Å². The Morgan fingerprint density at radius 3 is 2.54 bits per heavy atom. The molecule has 2 rings (SSSR count). The molecule has 1 aromatic carbocycles. The van der Waals surface area contributed by atoms with Gasteiger partial charge in [0.05, 0.1) is 25.7 Å². The molecule has 0 spiro atoms. The highest BCUT2D eigenvalue weighted by Gasteiger charge is 2.28. The van der Waals surface area contributed by atoms with Gasteiger partial charge in [-0.1, -0.05) is 38.1 Å². The molecule has 0 bridgehead atoms. The van der Waals surface area contributed by atoms with Crippen molar-refractivity contribution in [2.75, 3.05) is 19.8 Å². The maximum atomic E-state index is 12.5. The Balaban J connectivity index is 1.88. The molecule has 1 aromatic rings. The molecule has 0 aromatic heterocycles. The molecular weight excluding hydrogens is 306 g/mol. The number of hydrogen-bond acceptors (Lipinski definition) is 3. The Kier molecular flexibility index (Phi) is 6.79. The summed E-state index contributed by atoms with van der Waals surface area (Å²) in [5, 5.41) is 8.97. The van der Waals surface area contributed by atoms with Crippen LogP contribution in [0.2, 0.25) is 0 Å². The summed E-state index contributed by atoms with van der Waals surface area (Å²) in [6.45, 7) is 5.66. The summed E-state index contributed by atoms with van der Waals surface area (Å²) in [7, 11) is 0. The van der Waals surface area contributed by atoms with Gasteiger partial charge in [0.15, 0.2) is 0 Å². The quantitative estimate of drug-likeness (QED) is 0.832. The highest BCUT2D eigenvalue weighted by Crippen LogP contribution is 2.15. The molecule has 5 nitrogen and oxygen atoms in total. The van der Waals surface area contributed by atoms with Gasteiger partial charge in [-0.15, -0.1) is 0 Å². The first kappa shape index (κ1) is 18.5. The van der Waals surface area contributed by atoms with Crippen molar-refractivity contribution in [3.05, 3.63) is 35.4 Å². The fraction of sp³-hybridized carbons (Fsp3) is 0.579. The molecule has 1 amide bonds. The van der Waals surface area contributed by atoms with Crippen LogP contribution < -0.4 is 0 Å². The van der Waals surface area contributed by atoms with Gasteiger partial charge in [0.25, 0.3) is 0 Å². The normalized spacial score (nSPS) is 18.0. The van der Waals surface area contributed by atoms with E-state index in [0.29, 0.717) is 38.5 Å². The Hall–Kier alpha value is -1.88. The van der Waals surface area contributed by atoms with Crippen LogP contribution >= 0.6 is 0 Å². The van der Waals surface area contributed by atoms with Crippen LogP contribution in [0.3, 0.4) is 0 Å². The highest BCUT2D eigenvalue weighted by molar-refractivity contribution is 5.78. The standard InChI is InChI=1S/C19H27NO4/c1-14(2)11-16-5-3-15(4-6-16)7-8-18(21)20-9-10-24-13-17(20)12-19(22)23/h3-6,14,17H,7-13H2,1-2H3,(H,22,23). The second-order valence-electron chi connectivity index (χ2n) is 6.83. The number of nitrogens with zero attached hydrogens (tertiary/aromatic N) is 1. The van der Waals surface area contributed by atoms with E-state index in [9.17, 15) is 9.59 Å². The van der Waals surface area contributed by atoms with Crippen molar-refractivity contribution in [1.82, 2.24) is 4.90 Å². The molecule has 0 aliphatic carbocycles. The third kappa shape index (κ3) is 5.64. The average molecular weight is 333 g/mol. The molecule has 1 fully saturated rings. The van der Waals surface area contributed by atoms with Gasteiger partial charge in [0.2, 0.25) is 5.91 Å². The number of aryl methyl sites for hydroxylation is 1. The first-order valence-corrected chi connectivity index (χ1v) is 8.62. The zero-order valence-corrected chi connectivity index (χ0v) is 14.5. The van der Waals surface area contributed by atoms with Crippen LogP contribution in [0.4, 0.5) is 0 Å². The van der Waals surface area contributed by atoms with Gasteiger partial charge in [0.1, 0.15) is 0 Å². The van der Waals surface area contributed by atoms with Crippen molar-refractivity contribution >= 4 is 11.9 Å². The van der Waals surface area contributed by atoms with Crippen molar-refractivity contribution < 1.29 is 19.4 Å². The number of morpholine rings is 1. The van der Waals surface area contributed by atoms with E-state index >= 15 is 0 Å². The van der Waals surface area contributed by atoms with Crippen LogP contribution in [0.15, 0.2) is 24.3 Å². The maximum absolute atomic E-state index is 12.5. The summed E-state index contributed by atoms with van der Waals surface area (Å²) >= 11 is 0.